The van der Waals surface area contributed by atoms with Crippen LogP contribution in [0.15, 0.2) is 42.7 Å². The number of aryl methyl sites for hydroxylation is 1. The first kappa shape index (κ1) is 11.2. The highest BCUT2D eigenvalue weighted by atomic mass is 35.5. The summed E-state index contributed by atoms with van der Waals surface area (Å²) in [7, 11) is 2.02. The molecule has 1 aromatic carbocycles. The van der Waals surface area contributed by atoms with E-state index in [1.165, 1.54) is 0 Å². The van der Waals surface area contributed by atoms with Crippen LogP contribution in [0.5, 0.6) is 0 Å². The van der Waals surface area contributed by atoms with Gasteiger partial charge in [0.25, 0.3) is 0 Å². The number of hydrogen-bond donors (Lipinski definition) is 0. The van der Waals surface area contributed by atoms with Gasteiger partial charge < -0.3 is 4.57 Å². The van der Waals surface area contributed by atoms with Crippen LogP contribution in [0.4, 0.5) is 0 Å². The summed E-state index contributed by atoms with van der Waals surface area (Å²) >= 11 is 5.85. The Morgan fingerprint density at radius 3 is 2.67 bits per heavy atom. The molecule has 0 N–H and O–H groups in total. The Bertz CT molecular complexity index is 689. The summed E-state index contributed by atoms with van der Waals surface area (Å²) in [5, 5.41) is 0. The number of hydrogen-bond acceptors (Lipinski definition) is 2. The lowest BCUT2D eigenvalue weighted by atomic mass is 10.2. The van der Waals surface area contributed by atoms with Gasteiger partial charge in [-0.2, -0.15) is 0 Å². The molecule has 0 amide bonds. The third kappa shape index (κ3) is 1.77. The molecular formula is C14H12ClN3. The van der Waals surface area contributed by atoms with Crippen LogP contribution in [0, 0.1) is 0 Å². The lowest BCUT2D eigenvalue weighted by molar-refractivity contribution is 0.958. The third-order valence-corrected chi connectivity index (χ3v) is 3.35. The minimum absolute atomic E-state index is 0.511. The van der Waals surface area contributed by atoms with Crippen molar-refractivity contribution in [1.29, 1.82) is 0 Å². The molecule has 0 aliphatic heterocycles. The molecule has 0 bridgehead atoms. The molecule has 0 saturated carbocycles. The normalized spacial score (nSPS) is 11.0. The second-order valence-electron chi connectivity index (χ2n) is 4.19. The summed E-state index contributed by atoms with van der Waals surface area (Å²) in [4.78, 5) is 8.70. The Kier molecular flexibility index (Phi) is 2.76. The maximum atomic E-state index is 5.85. The van der Waals surface area contributed by atoms with E-state index in [-0.39, 0.29) is 0 Å². The summed E-state index contributed by atoms with van der Waals surface area (Å²) in [6.07, 6.45) is 3.55. The van der Waals surface area contributed by atoms with Crippen LogP contribution in [0.1, 0.15) is 5.56 Å². The fourth-order valence-electron chi connectivity index (χ4n) is 2.09. The van der Waals surface area contributed by atoms with Crippen LogP contribution in [0.3, 0.4) is 0 Å². The van der Waals surface area contributed by atoms with Crippen molar-refractivity contribution < 1.29 is 0 Å². The van der Waals surface area contributed by atoms with Gasteiger partial charge in [-0.3, -0.25) is 4.98 Å². The van der Waals surface area contributed by atoms with Crippen molar-refractivity contribution in [2.75, 3.05) is 0 Å². The van der Waals surface area contributed by atoms with Crippen LogP contribution in [0.25, 0.3) is 22.4 Å². The lowest BCUT2D eigenvalue weighted by Gasteiger charge is -2.01. The minimum atomic E-state index is 0.511. The van der Waals surface area contributed by atoms with Gasteiger partial charge in [0.2, 0.25) is 0 Å². The van der Waals surface area contributed by atoms with E-state index < -0.39 is 0 Å². The molecule has 2 aromatic heterocycles. The third-order valence-electron chi connectivity index (χ3n) is 3.04. The number of fused-ring (bicyclic) bond motifs is 1. The van der Waals surface area contributed by atoms with Crippen molar-refractivity contribution in [2.45, 2.75) is 5.88 Å². The van der Waals surface area contributed by atoms with Crippen molar-refractivity contribution in [2.24, 2.45) is 7.05 Å². The molecule has 90 valence electrons. The first-order valence-electron chi connectivity index (χ1n) is 5.71. The van der Waals surface area contributed by atoms with Gasteiger partial charge in [-0.05, 0) is 29.8 Å². The zero-order valence-electron chi connectivity index (χ0n) is 9.97. The molecule has 0 aliphatic carbocycles. The van der Waals surface area contributed by atoms with E-state index in [0.29, 0.717) is 5.88 Å². The largest absolute Gasteiger partial charge is 0.327 e. The topological polar surface area (TPSA) is 30.7 Å². The Labute approximate surface area is 110 Å². The van der Waals surface area contributed by atoms with E-state index in [9.17, 15) is 0 Å². The SMILES string of the molecule is Cn1c(-c2ccncc2)nc2cc(CCl)ccc21. The van der Waals surface area contributed by atoms with Gasteiger partial charge in [0.05, 0.1) is 11.0 Å². The Morgan fingerprint density at radius 2 is 1.94 bits per heavy atom. The predicted octanol–water partition coefficient (Wildman–Crippen LogP) is 3.37. The van der Waals surface area contributed by atoms with Crippen molar-refractivity contribution in [3.05, 3.63) is 48.3 Å². The van der Waals surface area contributed by atoms with E-state index >= 15 is 0 Å². The molecular weight excluding hydrogens is 246 g/mol. The van der Waals surface area contributed by atoms with Crippen molar-refractivity contribution in [3.63, 3.8) is 0 Å². The maximum Gasteiger partial charge on any atom is 0.140 e. The molecule has 4 heteroatoms. The summed E-state index contributed by atoms with van der Waals surface area (Å²) in [6, 6.07) is 10.1. The van der Waals surface area contributed by atoms with Crippen LogP contribution < -0.4 is 0 Å². The molecule has 0 spiro atoms. The van der Waals surface area contributed by atoms with E-state index in [4.69, 9.17) is 11.6 Å². The Balaban J connectivity index is 2.23. The van der Waals surface area contributed by atoms with Gasteiger partial charge >= 0.3 is 0 Å². The van der Waals surface area contributed by atoms with E-state index in [1.54, 1.807) is 12.4 Å². The predicted molar refractivity (Wildman–Crippen MR) is 73.5 cm³/mol. The first-order chi connectivity index (χ1) is 8.79. The number of alkyl halides is 1. The first-order valence-corrected chi connectivity index (χ1v) is 6.25. The fraction of sp³-hybridized carbons (Fsp3) is 0.143. The average Bonchev–Trinajstić information content (AvgIpc) is 2.76. The number of benzene rings is 1. The highest BCUT2D eigenvalue weighted by Crippen LogP contribution is 2.24. The summed E-state index contributed by atoms with van der Waals surface area (Å²) in [6.45, 7) is 0. The van der Waals surface area contributed by atoms with Gasteiger partial charge in [0.1, 0.15) is 5.82 Å². The summed E-state index contributed by atoms with van der Waals surface area (Å²) < 4.78 is 2.09. The summed E-state index contributed by atoms with van der Waals surface area (Å²) in [5.41, 5.74) is 4.23. The molecule has 3 aromatic rings. The van der Waals surface area contributed by atoms with Gasteiger partial charge in [-0.25, -0.2) is 4.98 Å². The molecule has 3 rings (SSSR count). The number of nitrogens with zero attached hydrogens (tertiary/aromatic N) is 3. The average molecular weight is 258 g/mol. The fourth-order valence-corrected chi connectivity index (χ4v) is 2.25. The number of rotatable bonds is 2. The van der Waals surface area contributed by atoms with E-state index in [0.717, 1.165) is 28.0 Å². The molecule has 2 heterocycles. The molecule has 0 saturated heterocycles. The van der Waals surface area contributed by atoms with Gasteiger partial charge in [0.15, 0.2) is 0 Å². The molecule has 18 heavy (non-hydrogen) atoms. The standard InChI is InChI=1S/C14H12ClN3/c1-18-13-3-2-10(9-15)8-12(13)17-14(18)11-4-6-16-7-5-11/h2-8H,9H2,1H3. The van der Waals surface area contributed by atoms with Crippen molar-refractivity contribution >= 4 is 22.6 Å². The van der Waals surface area contributed by atoms with Gasteiger partial charge in [-0.15, -0.1) is 11.6 Å². The second-order valence-corrected chi connectivity index (χ2v) is 4.45. The molecule has 3 nitrogen and oxygen atoms in total. The van der Waals surface area contributed by atoms with Crippen molar-refractivity contribution in [3.8, 4) is 11.4 Å². The van der Waals surface area contributed by atoms with Gasteiger partial charge in [-0.1, -0.05) is 6.07 Å². The second kappa shape index (κ2) is 4.42. The van der Waals surface area contributed by atoms with Crippen LogP contribution in [0.2, 0.25) is 0 Å². The zero-order valence-corrected chi connectivity index (χ0v) is 10.7. The number of halogens is 1. The van der Waals surface area contributed by atoms with Crippen LogP contribution in [-0.4, -0.2) is 14.5 Å². The van der Waals surface area contributed by atoms with E-state index in [1.807, 2.05) is 31.3 Å². The quantitative estimate of drug-likeness (QED) is 0.659. The van der Waals surface area contributed by atoms with Gasteiger partial charge in [0, 0.05) is 30.9 Å². The van der Waals surface area contributed by atoms with Crippen LogP contribution >= 0.6 is 11.6 Å². The minimum Gasteiger partial charge on any atom is -0.327 e. The Hall–Kier alpha value is -1.87. The highest BCUT2D eigenvalue weighted by Gasteiger charge is 2.09. The molecule has 0 unspecified atom stereocenters. The Morgan fingerprint density at radius 1 is 1.17 bits per heavy atom. The van der Waals surface area contributed by atoms with Crippen LogP contribution in [-0.2, 0) is 12.9 Å². The zero-order chi connectivity index (χ0) is 12.5. The lowest BCUT2D eigenvalue weighted by Crippen LogP contribution is -1.92. The monoisotopic (exact) mass is 257 g/mol. The van der Waals surface area contributed by atoms with Crippen molar-refractivity contribution in [1.82, 2.24) is 14.5 Å². The highest BCUT2D eigenvalue weighted by molar-refractivity contribution is 6.17. The molecule has 0 radical (unpaired) electrons. The number of imidazole rings is 1. The summed E-state index contributed by atoms with van der Waals surface area (Å²) in [5.74, 6) is 1.45. The molecule has 0 fully saturated rings. The smallest absolute Gasteiger partial charge is 0.140 e. The van der Waals surface area contributed by atoms with E-state index in [2.05, 4.69) is 20.6 Å². The molecule has 0 aliphatic rings. The number of aromatic nitrogens is 3. The number of pyridine rings is 1. The maximum absolute atomic E-state index is 5.85. The molecule has 0 atom stereocenters.